The normalized spacial score (nSPS) is 12.1. The van der Waals surface area contributed by atoms with Crippen molar-refractivity contribution < 1.29 is 9.84 Å². The Kier molecular flexibility index (Phi) is 10.8. The predicted octanol–water partition coefficient (Wildman–Crippen LogP) is 3.80. The number of nitrogens with zero attached hydrogens (tertiary/aromatic N) is 2. The third-order valence-electron chi connectivity index (χ3n) is 3.50. The zero-order valence-corrected chi connectivity index (χ0v) is 18.9. The van der Waals surface area contributed by atoms with Crippen molar-refractivity contribution in [1.82, 2.24) is 15.6 Å². The highest BCUT2D eigenvalue weighted by Crippen LogP contribution is 2.23. The van der Waals surface area contributed by atoms with Gasteiger partial charge in [-0.15, -0.1) is 24.0 Å². The minimum Gasteiger partial charge on any atom is -0.481 e. The van der Waals surface area contributed by atoms with Crippen molar-refractivity contribution in [1.29, 1.82) is 0 Å². The Balaban J connectivity index is 0.00000364. The van der Waals surface area contributed by atoms with Gasteiger partial charge in [-0.05, 0) is 42.3 Å². The molecule has 2 aromatic rings. The molecule has 0 aliphatic heterocycles. The predicted molar refractivity (Wildman–Crippen MR) is 120 cm³/mol. The number of hydrogen-bond donors (Lipinski definition) is 3. The van der Waals surface area contributed by atoms with Crippen molar-refractivity contribution in [3.63, 3.8) is 0 Å². The van der Waals surface area contributed by atoms with Gasteiger partial charge in [0.25, 0.3) is 0 Å². The fraction of sp³-hybridized carbons (Fsp3) is 0.333. The van der Waals surface area contributed by atoms with Crippen molar-refractivity contribution in [2.45, 2.75) is 19.6 Å². The number of ether oxygens (including phenoxy) is 1. The largest absolute Gasteiger partial charge is 0.481 e. The Bertz CT molecular complexity index is 742. The summed E-state index contributed by atoms with van der Waals surface area (Å²) in [6.07, 6.45) is 0.910. The molecule has 2 rings (SSSR count). The maximum atomic E-state index is 10.4. The maximum absolute atomic E-state index is 10.4. The Morgan fingerprint density at radius 1 is 1.22 bits per heavy atom. The minimum atomic E-state index is -0.768. The number of halogens is 3. The van der Waals surface area contributed by atoms with Crippen LogP contribution in [-0.4, -0.2) is 36.2 Å². The number of aliphatic imine (C=N–C) groups is 1. The molecule has 0 amide bonds. The third-order valence-corrected chi connectivity index (χ3v) is 3.94. The number of aliphatic hydroxyl groups excluding tert-OH is 1. The van der Waals surface area contributed by atoms with E-state index in [9.17, 15) is 5.11 Å². The summed E-state index contributed by atoms with van der Waals surface area (Å²) in [6.45, 7) is 3.39. The first-order chi connectivity index (χ1) is 12.5. The molecule has 0 spiro atoms. The molecule has 1 atom stereocenters. The molecule has 3 N–H and O–H groups in total. The topological polar surface area (TPSA) is 78.8 Å². The van der Waals surface area contributed by atoms with Gasteiger partial charge in [0.05, 0.1) is 19.8 Å². The van der Waals surface area contributed by atoms with Crippen molar-refractivity contribution in [2.75, 3.05) is 20.2 Å². The van der Waals surface area contributed by atoms with E-state index in [1.54, 1.807) is 31.5 Å². The van der Waals surface area contributed by atoms with Crippen LogP contribution >= 0.6 is 47.2 Å². The number of benzene rings is 1. The summed E-state index contributed by atoms with van der Waals surface area (Å²) in [5.74, 6) is 1.14. The van der Waals surface area contributed by atoms with Gasteiger partial charge >= 0.3 is 0 Å². The molecular weight excluding hydrogens is 502 g/mol. The second-order valence-corrected chi connectivity index (χ2v) is 6.37. The van der Waals surface area contributed by atoms with Crippen LogP contribution < -0.4 is 15.4 Å². The summed E-state index contributed by atoms with van der Waals surface area (Å²) in [4.78, 5) is 8.58. The molecule has 1 aromatic carbocycles. The summed E-state index contributed by atoms with van der Waals surface area (Å²) in [7, 11) is 1.57. The van der Waals surface area contributed by atoms with Gasteiger partial charge in [-0.1, -0.05) is 23.2 Å². The first kappa shape index (κ1) is 23.7. The van der Waals surface area contributed by atoms with Crippen LogP contribution in [-0.2, 0) is 6.54 Å². The number of guanidine groups is 1. The average molecular weight is 525 g/mol. The molecule has 0 aliphatic rings. The van der Waals surface area contributed by atoms with E-state index in [1.165, 1.54) is 0 Å². The van der Waals surface area contributed by atoms with Gasteiger partial charge in [0, 0.05) is 35.4 Å². The van der Waals surface area contributed by atoms with Crippen molar-refractivity contribution >= 4 is 53.1 Å². The van der Waals surface area contributed by atoms with Crippen LogP contribution in [0.3, 0.4) is 0 Å². The first-order valence-corrected chi connectivity index (χ1v) is 8.92. The Labute approximate surface area is 186 Å². The zero-order chi connectivity index (χ0) is 18.9. The second-order valence-electron chi connectivity index (χ2n) is 5.50. The average Bonchev–Trinajstić information content (AvgIpc) is 2.63. The molecule has 0 saturated carbocycles. The van der Waals surface area contributed by atoms with E-state index >= 15 is 0 Å². The van der Waals surface area contributed by atoms with Crippen LogP contribution in [0.5, 0.6) is 5.88 Å². The standard InChI is InChI=1S/C18H22Cl2N4O2.HI/c1-3-21-18(23-10-12-4-5-22-17(6-12)26-2)24-11-16(25)13-7-14(19)9-15(20)8-13;/h4-9,16,25H,3,10-11H2,1-2H3,(H2,21,23,24);1H. The van der Waals surface area contributed by atoms with E-state index in [0.717, 1.165) is 5.56 Å². The van der Waals surface area contributed by atoms with Gasteiger partial charge < -0.3 is 20.5 Å². The minimum absolute atomic E-state index is 0. The van der Waals surface area contributed by atoms with Crippen LogP contribution in [0, 0.1) is 0 Å². The number of nitrogens with one attached hydrogen (secondary N) is 2. The lowest BCUT2D eigenvalue weighted by molar-refractivity contribution is 0.181. The van der Waals surface area contributed by atoms with Crippen LogP contribution in [0.15, 0.2) is 41.5 Å². The van der Waals surface area contributed by atoms with Gasteiger partial charge in [0.15, 0.2) is 5.96 Å². The van der Waals surface area contributed by atoms with Gasteiger partial charge in [0.1, 0.15) is 0 Å². The van der Waals surface area contributed by atoms with Crippen LogP contribution in [0.4, 0.5) is 0 Å². The lowest BCUT2D eigenvalue weighted by atomic mass is 10.1. The molecule has 1 aromatic heterocycles. The molecule has 27 heavy (non-hydrogen) atoms. The summed E-state index contributed by atoms with van der Waals surface area (Å²) >= 11 is 12.0. The number of hydrogen-bond acceptors (Lipinski definition) is 4. The van der Waals surface area contributed by atoms with Crippen LogP contribution in [0.25, 0.3) is 0 Å². The van der Waals surface area contributed by atoms with E-state index in [2.05, 4.69) is 20.6 Å². The van der Waals surface area contributed by atoms with E-state index in [4.69, 9.17) is 27.9 Å². The highest BCUT2D eigenvalue weighted by molar-refractivity contribution is 14.0. The van der Waals surface area contributed by atoms with Gasteiger partial charge in [-0.3, -0.25) is 0 Å². The molecule has 1 unspecified atom stereocenters. The first-order valence-electron chi connectivity index (χ1n) is 8.17. The quantitative estimate of drug-likeness (QED) is 0.291. The molecule has 0 bridgehead atoms. The molecule has 0 radical (unpaired) electrons. The highest BCUT2D eigenvalue weighted by atomic mass is 127. The Hall–Kier alpha value is -1.29. The SMILES string of the molecule is CCNC(=NCc1ccnc(OC)c1)NCC(O)c1cc(Cl)cc(Cl)c1.I. The molecule has 9 heteroatoms. The molecule has 1 heterocycles. The third kappa shape index (κ3) is 8.08. The lowest BCUT2D eigenvalue weighted by Crippen LogP contribution is -2.39. The van der Waals surface area contributed by atoms with E-state index in [-0.39, 0.29) is 30.5 Å². The van der Waals surface area contributed by atoms with Crippen molar-refractivity contribution in [2.24, 2.45) is 4.99 Å². The number of pyridine rings is 1. The van der Waals surface area contributed by atoms with E-state index < -0.39 is 6.10 Å². The second kappa shape index (κ2) is 12.2. The summed E-state index contributed by atoms with van der Waals surface area (Å²) < 4.78 is 5.11. The zero-order valence-electron chi connectivity index (χ0n) is 15.1. The number of methoxy groups -OCH3 is 1. The monoisotopic (exact) mass is 524 g/mol. The highest BCUT2D eigenvalue weighted by Gasteiger charge is 2.10. The Morgan fingerprint density at radius 2 is 1.93 bits per heavy atom. The van der Waals surface area contributed by atoms with E-state index in [1.807, 2.05) is 19.1 Å². The fourth-order valence-corrected chi connectivity index (χ4v) is 2.79. The van der Waals surface area contributed by atoms with Crippen LogP contribution in [0.1, 0.15) is 24.2 Å². The maximum Gasteiger partial charge on any atom is 0.213 e. The van der Waals surface area contributed by atoms with Gasteiger partial charge in [0.2, 0.25) is 5.88 Å². The Morgan fingerprint density at radius 3 is 2.56 bits per heavy atom. The summed E-state index contributed by atoms with van der Waals surface area (Å²) in [6, 6.07) is 8.70. The molecule has 0 aliphatic carbocycles. The number of aromatic nitrogens is 1. The molecule has 0 fully saturated rings. The summed E-state index contributed by atoms with van der Waals surface area (Å²) in [5, 5.41) is 17.6. The van der Waals surface area contributed by atoms with Crippen molar-refractivity contribution in [3.8, 4) is 5.88 Å². The van der Waals surface area contributed by atoms with E-state index in [0.29, 0.717) is 40.5 Å². The number of rotatable bonds is 7. The number of aliphatic hydroxyl groups is 1. The fourth-order valence-electron chi connectivity index (χ4n) is 2.25. The van der Waals surface area contributed by atoms with Gasteiger partial charge in [-0.2, -0.15) is 0 Å². The van der Waals surface area contributed by atoms with Gasteiger partial charge in [-0.25, -0.2) is 9.98 Å². The van der Waals surface area contributed by atoms with Crippen molar-refractivity contribution in [3.05, 3.63) is 57.7 Å². The molecular formula is C18H23Cl2IN4O2. The smallest absolute Gasteiger partial charge is 0.213 e. The molecule has 6 nitrogen and oxygen atoms in total. The molecule has 0 saturated heterocycles. The summed E-state index contributed by atoms with van der Waals surface area (Å²) in [5.41, 5.74) is 1.61. The lowest BCUT2D eigenvalue weighted by Gasteiger charge is -2.16. The molecule has 148 valence electrons. The van der Waals surface area contributed by atoms with Crippen LogP contribution in [0.2, 0.25) is 10.0 Å².